The van der Waals surface area contributed by atoms with E-state index in [1.165, 1.54) is 0 Å². The smallest absolute Gasteiger partial charge is 0.239 e. The summed E-state index contributed by atoms with van der Waals surface area (Å²) in [5, 5.41) is 3.39. The van der Waals surface area contributed by atoms with Crippen molar-refractivity contribution in [1.82, 2.24) is 9.88 Å². The van der Waals surface area contributed by atoms with Gasteiger partial charge < -0.3 is 11.1 Å². The summed E-state index contributed by atoms with van der Waals surface area (Å²) in [6, 6.07) is 13.5. The van der Waals surface area contributed by atoms with Crippen molar-refractivity contribution in [2.45, 2.75) is 19.4 Å². The Hall–Kier alpha value is -2.40. The summed E-state index contributed by atoms with van der Waals surface area (Å²) in [5.41, 5.74) is 7.79. The zero-order chi connectivity index (χ0) is 16.9. The van der Waals surface area contributed by atoms with Crippen LogP contribution in [0.4, 0.5) is 5.82 Å². The standard InChI is InChI=1S/C19H24N4O/c1-14-7-8-17(21-11-14)22-12-15-9-10-23(13-15)18(19(20)24)16-5-3-2-4-6-16/h2-8,11,15,18H,9-10,12-13H2,1H3,(H2,20,24)(H,21,22). The highest BCUT2D eigenvalue weighted by Gasteiger charge is 2.32. The molecule has 0 spiro atoms. The highest BCUT2D eigenvalue weighted by atomic mass is 16.1. The van der Waals surface area contributed by atoms with E-state index in [9.17, 15) is 4.79 Å². The van der Waals surface area contributed by atoms with Crippen LogP contribution in [0.1, 0.15) is 23.6 Å². The normalized spacial score (nSPS) is 19.1. The number of pyridine rings is 1. The average molecular weight is 324 g/mol. The molecule has 24 heavy (non-hydrogen) atoms. The van der Waals surface area contributed by atoms with E-state index in [0.717, 1.165) is 43.0 Å². The molecule has 1 fully saturated rings. The van der Waals surface area contributed by atoms with Crippen LogP contribution < -0.4 is 11.1 Å². The van der Waals surface area contributed by atoms with Crippen molar-refractivity contribution in [3.63, 3.8) is 0 Å². The van der Waals surface area contributed by atoms with Gasteiger partial charge in [-0.3, -0.25) is 9.69 Å². The molecule has 2 atom stereocenters. The highest BCUT2D eigenvalue weighted by molar-refractivity contribution is 5.81. The van der Waals surface area contributed by atoms with Crippen molar-refractivity contribution >= 4 is 11.7 Å². The first-order valence-electron chi connectivity index (χ1n) is 8.38. The molecule has 3 N–H and O–H groups in total. The molecule has 1 amide bonds. The molecule has 3 rings (SSSR count). The van der Waals surface area contributed by atoms with Gasteiger partial charge in [-0.2, -0.15) is 0 Å². The number of anilines is 1. The predicted octanol–water partition coefficient (Wildman–Crippen LogP) is 2.35. The molecule has 1 aromatic heterocycles. The molecule has 5 heteroatoms. The summed E-state index contributed by atoms with van der Waals surface area (Å²) in [7, 11) is 0. The lowest BCUT2D eigenvalue weighted by molar-refractivity contribution is -0.123. The van der Waals surface area contributed by atoms with Gasteiger partial charge in [-0.25, -0.2) is 4.98 Å². The van der Waals surface area contributed by atoms with Crippen molar-refractivity contribution in [3.05, 3.63) is 59.8 Å². The van der Waals surface area contributed by atoms with E-state index in [4.69, 9.17) is 5.73 Å². The summed E-state index contributed by atoms with van der Waals surface area (Å²) in [4.78, 5) is 18.5. The Kier molecular flexibility index (Phi) is 5.11. The molecule has 5 nitrogen and oxygen atoms in total. The largest absolute Gasteiger partial charge is 0.370 e. The number of nitrogens with zero attached hydrogens (tertiary/aromatic N) is 2. The number of aromatic nitrogens is 1. The molecular weight excluding hydrogens is 300 g/mol. The lowest BCUT2D eigenvalue weighted by atomic mass is 10.0. The second-order valence-electron chi connectivity index (χ2n) is 6.47. The number of hydrogen-bond donors (Lipinski definition) is 2. The van der Waals surface area contributed by atoms with E-state index in [2.05, 4.69) is 21.3 Å². The third kappa shape index (κ3) is 3.92. The van der Waals surface area contributed by atoms with Crippen molar-refractivity contribution in [1.29, 1.82) is 0 Å². The van der Waals surface area contributed by atoms with Gasteiger partial charge in [0.15, 0.2) is 0 Å². The summed E-state index contributed by atoms with van der Waals surface area (Å²) in [6.07, 6.45) is 2.91. The van der Waals surface area contributed by atoms with Gasteiger partial charge >= 0.3 is 0 Å². The molecule has 0 aliphatic carbocycles. The minimum atomic E-state index is -0.339. The van der Waals surface area contributed by atoms with Gasteiger partial charge in [-0.05, 0) is 43.0 Å². The molecule has 0 bridgehead atoms. The number of carbonyl (C=O) groups excluding carboxylic acids is 1. The van der Waals surface area contributed by atoms with Gasteiger partial charge in [-0.15, -0.1) is 0 Å². The summed E-state index contributed by atoms with van der Waals surface area (Å²) < 4.78 is 0. The first kappa shape index (κ1) is 16.5. The Morgan fingerprint density at radius 3 is 2.79 bits per heavy atom. The van der Waals surface area contributed by atoms with Gasteiger partial charge in [0.25, 0.3) is 0 Å². The third-order valence-electron chi connectivity index (χ3n) is 4.55. The average Bonchev–Trinajstić information content (AvgIpc) is 3.03. The maximum absolute atomic E-state index is 12.0. The van der Waals surface area contributed by atoms with Crippen LogP contribution in [0.25, 0.3) is 0 Å². The Morgan fingerprint density at radius 2 is 2.12 bits per heavy atom. The molecule has 1 saturated heterocycles. The SMILES string of the molecule is Cc1ccc(NCC2CCN(C(C(N)=O)c3ccccc3)C2)nc1. The van der Waals surface area contributed by atoms with Gasteiger partial charge in [0.05, 0.1) is 0 Å². The predicted molar refractivity (Wildman–Crippen MR) is 95.5 cm³/mol. The topological polar surface area (TPSA) is 71.2 Å². The summed E-state index contributed by atoms with van der Waals surface area (Å²) in [6.45, 7) is 4.63. The van der Waals surface area contributed by atoms with Crippen LogP contribution >= 0.6 is 0 Å². The van der Waals surface area contributed by atoms with E-state index >= 15 is 0 Å². The lowest BCUT2D eigenvalue weighted by Crippen LogP contribution is -2.36. The molecule has 2 heterocycles. The van der Waals surface area contributed by atoms with Crippen LogP contribution in [0.5, 0.6) is 0 Å². The highest BCUT2D eigenvalue weighted by Crippen LogP contribution is 2.27. The molecule has 0 radical (unpaired) electrons. The third-order valence-corrected chi connectivity index (χ3v) is 4.55. The van der Waals surface area contributed by atoms with E-state index in [1.807, 2.05) is 49.5 Å². The molecule has 126 valence electrons. The Bertz CT molecular complexity index is 672. The van der Waals surface area contributed by atoms with Gasteiger partial charge in [0.2, 0.25) is 5.91 Å². The van der Waals surface area contributed by atoms with Crippen LogP contribution in [0.3, 0.4) is 0 Å². The number of carbonyl (C=O) groups is 1. The zero-order valence-electron chi connectivity index (χ0n) is 14.0. The van der Waals surface area contributed by atoms with Gasteiger partial charge in [-0.1, -0.05) is 36.4 Å². The van der Waals surface area contributed by atoms with Crippen molar-refractivity contribution < 1.29 is 4.79 Å². The fourth-order valence-electron chi connectivity index (χ4n) is 3.28. The lowest BCUT2D eigenvalue weighted by Gasteiger charge is -2.25. The number of hydrogen-bond acceptors (Lipinski definition) is 4. The second-order valence-corrected chi connectivity index (χ2v) is 6.47. The Morgan fingerprint density at radius 1 is 1.33 bits per heavy atom. The first-order valence-corrected chi connectivity index (χ1v) is 8.38. The Labute approximate surface area is 142 Å². The molecule has 1 aliphatic rings. The monoisotopic (exact) mass is 324 g/mol. The quantitative estimate of drug-likeness (QED) is 0.855. The van der Waals surface area contributed by atoms with Crippen molar-refractivity contribution in [3.8, 4) is 0 Å². The van der Waals surface area contributed by atoms with Crippen LogP contribution in [0.2, 0.25) is 0 Å². The Balaban J connectivity index is 1.59. The molecule has 2 aromatic rings. The number of likely N-dealkylation sites (tertiary alicyclic amines) is 1. The molecular formula is C19H24N4O. The van der Waals surface area contributed by atoms with E-state index in [1.54, 1.807) is 0 Å². The molecule has 1 aliphatic heterocycles. The van der Waals surface area contributed by atoms with Crippen LogP contribution in [-0.2, 0) is 4.79 Å². The van der Waals surface area contributed by atoms with Gasteiger partial charge in [0, 0.05) is 19.3 Å². The fraction of sp³-hybridized carbons (Fsp3) is 0.368. The minimum Gasteiger partial charge on any atom is -0.370 e. The number of amides is 1. The van der Waals surface area contributed by atoms with Crippen LogP contribution in [-0.4, -0.2) is 35.4 Å². The molecule has 0 saturated carbocycles. The number of nitrogens with two attached hydrogens (primary N) is 1. The number of primary amides is 1. The van der Waals surface area contributed by atoms with Gasteiger partial charge in [0.1, 0.15) is 11.9 Å². The molecule has 2 unspecified atom stereocenters. The summed E-state index contributed by atoms with van der Waals surface area (Å²) >= 11 is 0. The van der Waals surface area contributed by atoms with Crippen LogP contribution in [0, 0.1) is 12.8 Å². The first-order chi connectivity index (χ1) is 11.6. The van der Waals surface area contributed by atoms with E-state index < -0.39 is 0 Å². The van der Waals surface area contributed by atoms with E-state index in [-0.39, 0.29) is 11.9 Å². The zero-order valence-corrected chi connectivity index (χ0v) is 14.0. The summed E-state index contributed by atoms with van der Waals surface area (Å²) in [5.74, 6) is 1.10. The maximum atomic E-state index is 12.0. The van der Waals surface area contributed by atoms with Crippen molar-refractivity contribution in [2.75, 3.05) is 25.0 Å². The number of rotatable bonds is 6. The van der Waals surface area contributed by atoms with Crippen molar-refractivity contribution in [2.24, 2.45) is 11.7 Å². The number of benzene rings is 1. The van der Waals surface area contributed by atoms with Crippen LogP contribution in [0.15, 0.2) is 48.7 Å². The fourth-order valence-corrected chi connectivity index (χ4v) is 3.28. The van der Waals surface area contributed by atoms with E-state index in [0.29, 0.717) is 5.92 Å². The maximum Gasteiger partial charge on any atom is 0.239 e. The second kappa shape index (κ2) is 7.45. The number of aryl methyl sites for hydroxylation is 1. The number of nitrogens with one attached hydrogen (secondary N) is 1. The minimum absolute atomic E-state index is 0.282. The molecule has 1 aromatic carbocycles.